The summed E-state index contributed by atoms with van der Waals surface area (Å²) in [5, 5.41) is 13.0. The van der Waals surface area contributed by atoms with Gasteiger partial charge in [-0.25, -0.2) is 18.6 Å². The summed E-state index contributed by atoms with van der Waals surface area (Å²) >= 11 is 0. The number of hydrogen-bond acceptors (Lipinski definition) is 8. The topological polar surface area (TPSA) is 112 Å². The largest absolute Gasteiger partial charge is 0.489 e. The van der Waals surface area contributed by atoms with Gasteiger partial charge < -0.3 is 15.4 Å². The van der Waals surface area contributed by atoms with Crippen LogP contribution in [0, 0.1) is 11.6 Å². The lowest BCUT2D eigenvalue weighted by atomic mass is 10.2. The van der Waals surface area contributed by atoms with Crippen molar-refractivity contribution in [2.45, 2.75) is 33.3 Å². The standard InChI is InChI=1S/C18H22F2N8O2/c1-5-6-21-16-12(20)9-22-17(24-16)23-13-8-14(28-18(29)27(4)25-26-28)15(7-11(13)19)30-10(2)3/h7-10H,5-6H2,1-4H3,(H2,21,22,23,24). The van der Waals surface area contributed by atoms with Crippen LogP contribution in [0.25, 0.3) is 5.69 Å². The van der Waals surface area contributed by atoms with Gasteiger partial charge in [-0.05, 0) is 36.8 Å². The Morgan fingerprint density at radius 2 is 1.97 bits per heavy atom. The number of hydrogen-bond donors (Lipinski definition) is 2. The number of anilines is 3. The van der Waals surface area contributed by atoms with Gasteiger partial charge in [0.2, 0.25) is 5.95 Å². The van der Waals surface area contributed by atoms with Gasteiger partial charge in [-0.3, -0.25) is 0 Å². The Bertz CT molecular complexity index is 1100. The van der Waals surface area contributed by atoms with E-state index in [0.29, 0.717) is 6.54 Å². The van der Waals surface area contributed by atoms with E-state index in [4.69, 9.17) is 4.74 Å². The van der Waals surface area contributed by atoms with Crippen molar-refractivity contribution in [2.75, 3.05) is 17.2 Å². The molecule has 0 aliphatic carbocycles. The average molecular weight is 420 g/mol. The molecule has 160 valence electrons. The van der Waals surface area contributed by atoms with E-state index >= 15 is 0 Å². The molecular weight excluding hydrogens is 398 g/mol. The van der Waals surface area contributed by atoms with Crippen LogP contribution < -0.4 is 21.1 Å². The van der Waals surface area contributed by atoms with E-state index in [1.165, 1.54) is 13.1 Å². The second-order valence-electron chi connectivity index (χ2n) is 6.71. The number of tetrazole rings is 1. The van der Waals surface area contributed by atoms with Gasteiger partial charge in [-0.2, -0.15) is 14.3 Å². The van der Waals surface area contributed by atoms with Gasteiger partial charge in [0.15, 0.2) is 17.5 Å². The maximum atomic E-state index is 14.8. The van der Waals surface area contributed by atoms with E-state index in [9.17, 15) is 13.6 Å². The first-order valence-electron chi connectivity index (χ1n) is 9.33. The van der Waals surface area contributed by atoms with Crippen molar-refractivity contribution in [3.8, 4) is 11.4 Å². The van der Waals surface area contributed by atoms with Crippen LogP contribution in [0.4, 0.5) is 26.2 Å². The fourth-order valence-electron chi connectivity index (χ4n) is 2.53. The Balaban J connectivity index is 2.03. The maximum absolute atomic E-state index is 14.8. The van der Waals surface area contributed by atoms with Crippen LogP contribution in [-0.2, 0) is 7.05 Å². The molecule has 0 fully saturated rings. The van der Waals surface area contributed by atoms with E-state index < -0.39 is 17.3 Å². The molecule has 0 spiro atoms. The molecule has 0 aliphatic heterocycles. The molecule has 30 heavy (non-hydrogen) atoms. The third kappa shape index (κ3) is 4.53. The smallest absolute Gasteiger partial charge is 0.368 e. The predicted molar refractivity (Wildman–Crippen MR) is 106 cm³/mol. The van der Waals surface area contributed by atoms with E-state index in [1.54, 1.807) is 13.8 Å². The maximum Gasteiger partial charge on any atom is 0.368 e. The summed E-state index contributed by atoms with van der Waals surface area (Å²) in [6.07, 6.45) is 1.48. The first kappa shape index (κ1) is 21.1. The Morgan fingerprint density at radius 3 is 2.60 bits per heavy atom. The monoisotopic (exact) mass is 420 g/mol. The molecule has 2 N–H and O–H groups in total. The van der Waals surface area contributed by atoms with Crippen molar-refractivity contribution in [1.82, 2.24) is 29.8 Å². The summed E-state index contributed by atoms with van der Waals surface area (Å²) in [5.74, 6) is -1.21. The average Bonchev–Trinajstić information content (AvgIpc) is 3.02. The molecule has 0 saturated heterocycles. The summed E-state index contributed by atoms with van der Waals surface area (Å²) in [4.78, 5) is 20.2. The summed E-state index contributed by atoms with van der Waals surface area (Å²) in [5.41, 5.74) is -0.408. The molecule has 0 saturated carbocycles. The number of halogens is 2. The second-order valence-corrected chi connectivity index (χ2v) is 6.71. The highest BCUT2D eigenvalue weighted by atomic mass is 19.1. The van der Waals surface area contributed by atoms with Gasteiger partial charge in [0, 0.05) is 19.7 Å². The molecule has 2 heterocycles. The minimum Gasteiger partial charge on any atom is -0.489 e. The van der Waals surface area contributed by atoms with Gasteiger partial charge in [0.25, 0.3) is 0 Å². The summed E-state index contributed by atoms with van der Waals surface area (Å²) in [7, 11) is 1.44. The van der Waals surface area contributed by atoms with E-state index in [1.807, 2.05) is 6.92 Å². The quantitative estimate of drug-likeness (QED) is 0.571. The van der Waals surface area contributed by atoms with Gasteiger partial charge in [-0.15, -0.1) is 0 Å². The molecule has 12 heteroatoms. The second kappa shape index (κ2) is 8.84. The third-order valence-electron chi connectivity index (χ3n) is 3.89. The van der Waals surface area contributed by atoms with Crippen molar-refractivity contribution in [1.29, 1.82) is 0 Å². The highest BCUT2D eigenvalue weighted by Gasteiger charge is 2.19. The fourth-order valence-corrected chi connectivity index (χ4v) is 2.53. The highest BCUT2D eigenvalue weighted by molar-refractivity contribution is 5.63. The molecule has 0 unspecified atom stereocenters. The molecule has 3 aromatic rings. The number of ether oxygens (including phenoxy) is 1. The van der Waals surface area contributed by atoms with Gasteiger partial charge in [-0.1, -0.05) is 6.92 Å². The summed E-state index contributed by atoms with van der Waals surface area (Å²) in [6.45, 7) is 5.98. The Morgan fingerprint density at radius 1 is 1.20 bits per heavy atom. The molecule has 0 amide bonds. The van der Waals surface area contributed by atoms with Crippen molar-refractivity contribution >= 4 is 17.5 Å². The highest BCUT2D eigenvalue weighted by Crippen LogP contribution is 2.30. The predicted octanol–water partition coefficient (Wildman–Crippen LogP) is 2.39. The number of nitrogens with zero attached hydrogens (tertiary/aromatic N) is 6. The van der Waals surface area contributed by atoms with Crippen molar-refractivity contribution < 1.29 is 13.5 Å². The zero-order chi connectivity index (χ0) is 21.8. The van der Waals surface area contributed by atoms with Crippen LogP contribution in [0.1, 0.15) is 27.2 Å². The lowest BCUT2D eigenvalue weighted by Crippen LogP contribution is -2.23. The van der Waals surface area contributed by atoms with Gasteiger partial charge in [0.05, 0.1) is 18.0 Å². The molecule has 0 atom stereocenters. The van der Waals surface area contributed by atoms with E-state index in [0.717, 1.165) is 28.0 Å². The zero-order valence-corrected chi connectivity index (χ0v) is 17.0. The third-order valence-corrected chi connectivity index (χ3v) is 3.89. The molecule has 3 rings (SSSR count). The molecule has 0 bridgehead atoms. The van der Waals surface area contributed by atoms with Crippen molar-refractivity contribution in [3.05, 3.63) is 40.4 Å². The number of benzene rings is 1. The van der Waals surface area contributed by atoms with E-state index in [2.05, 4.69) is 31.0 Å². The number of nitrogens with one attached hydrogen (secondary N) is 2. The van der Waals surface area contributed by atoms with E-state index in [-0.39, 0.29) is 35.0 Å². The van der Waals surface area contributed by atoms with Crippen LogP contribution in [0.3, 0.4) is 0 Å². The fraction of sp³-hybridized carbons (Fsp3) is 0.389. The molecule has 1 aromatic carbocycles. The number of aryl methyl sites for hydroxylation is 1. The summed E-state index contributed by atoms with van der Waals surface area (Å²) < 4.78 is 36.3. The lowest BCUT2D eigenvalue weighted by Gasteiger charge is -2.16. The minimum atomic E-state index is -0.678. The lowest BCUT2D eigenvalue weighted by molar-refractivity contribution is 0.240. The Kier molecular flexibility index (Phi) is 6.23. The van der Waals surface area contributed by atoms with Crippen LogP contribution in [0.2, 0.25) is 0 Å². The SMILES string of the molecule is CCCNc1nc(Nc2cc(-n3nnn(C)c3=O)c(OC(C)C)cc2F)ncc1F. The molecule has 10 nitrogen and oxygen atoms in total. The molecule has 2 aromatic heterocycles. The molecule has 0 radical (unpaired) electrons. The van der Waals surface area contributed by atoms with Crippen LogP contribution in [0.15, 0.2) is 23.1 Å². The van der Waals surface area contributed by atoms with Gasteiger partial charge in [0.1, 0.15) is 11.4 Å². The first-order chi connectivity index (χ1) is 14.3. The normalized spacial score (nSPS) is 11.0. The van der Waals surface area contributed by atoms with Crippen LogP contribution >= 0.6 is 0 Å². The first-order valence-corrected chi connectivity index (χ1v) is 9.33. The van der Waals surface area contributed by atoms with Crippen LogP contribution in [0.5, 0.6) is 5.75 Å². The number of rotatable bonds is 8. The van der Waals surface area contributed by atoms with Crippen molar-refractivity contribution in [3.63, 3.8) is 0 Å². The molecular formula is C18H22F2N8O2. The minimum absolute atomic E-state index is 0.000103. The van der Waals surface area contributed by atoms with Crippen molar-refractivity contribution in [2.24, 2.45) is 7.05 Å². The Labute approximate surface area is 170 Å². The van der Waals surface area contributed by atoms with Crippen LogP contribution in [-0.4, -0.2) is 42.4 Å². The Hall–Kier alpha value is -3.57. The number of aromatic nitrogens is 6. The zero-order valence-electron chi connectivity index (χ0n) is 17.0. The summed E-state index contributed by atoms with van der Waals surface area (Å²) in [6, 6.07) is 2.45. The van der Waals surface area contributed by atoms with Gasteiger partial charge >= 0.3 is 5.69 Å². The molecule has 0 aliphatic rings.